The lowest BCUT2D eigenvalue weighted by Crippen LogP contribution is -2.17. The van der Waals surface area contributed by atoms with E-state index < -0.39 is 0 Å². The van der Waals surface area contributed by atoms with Gasteiger partial charge < -0.3 is 14.2 Å². The first-order chi connectivity index (χ1) is 12.3. The molecular weight excluding hydrogens is 340 g/mol. The fraction of sp³-hybridized carbons (Fsp3) is 0.263. The van der Waals surface area contributed by atoms with E-state index in [1.54, 1.807) is 13.3 Å². The van der Waals surface area contributed by atoms with Crippen molar-refractivity contribution >= 4 is 22.5 Å². The molecule has 0 spiro atoms. The van der Waals surface area contributed by atoms with E-state index in [4.69, 9.17) is 25.8 Å². The van der Waals surface area contributed by atoms with E-state index in [1.807, 2.05) is 42.5 Å². The van der Waals surface area contributed by atoms with Gasteiger partial charge in [0.25, 0.3) is 0 Å². The molecular formula is C19H19ClN2O3. The van der Waals surface area contributed by atoms with Crippen LogP contribution in [0, 0.1) is 0 Å². The van der Waals surface area contributed by atoms with Gasteiger partial charge in [0.1, 0.15) is 18.9 Å². The van der Waals surface area contributed by atoms with Crippen molar-refractivity contribution in [1.82, 2.24) is 9.97 Å². The minimum atomic E-state index is 0.0484. The Morgan fingerprint density at radius 1 is 1.08 bits per heavy atom. The van der Waals surface area contributed by atoms with Crippen molar-refractivity contribution in [2.45, 2.75) is 5.92 Å². The monoisotopic (exact) mass is 358 g/mol. The average molecular weight is 359 g/mol. The lowest BCUT2D eigenvalue weighted by atomic mass is 10.0. The van der Waals surface area contributed by atoms with E-state index in [2.05, 4.69) is 9.97 Å². The molecule has 3 rings (SSSR count). The third-order valence-corrected chi connectivity index (χ3v) is 4.06. The van der Waals surface area contributed by atoms with Crippen LogP contribution in [0.5, 0.6) is 5.75 Å². The molecule has 0 bridgehead atoms. The number of methoxy groups -OCH3 is 1. The third-order valence-electron chi connectivity index (χ3n) is 3.81. The van der Waals surface area contributed by atoms with E-state index in [-0.39, 0.29) is 12.7 Å². The molecule has 0 aliphatic carbocycles. The highest BCUT2D eigenvalue weighted by Gasteiger charge is 2.14. The molecule has 0 N–H and O–H groups in total. The molecule has 0 saturated heterocycles. The summed E-state index contributed by atoms with van der Waals surface area (Å²) in [6.07, 6.45) is 3.29. The summed E-state index contributed by atoms with van der Waals surface area (Å²) < 4.78 is 16.6. The summed E-state index contributed by atoms with van der Waals surface area (Å²) in [7, 11) is 1.60. The van der Waals surface area contributed by atoms with Crippen molar-refractivity contribution in [3.8, 4) is 5.75 Å². The van der Waals surface area contributed by atoms with Crippen LogP contribution in [-0.2, 0) is 9.47 Å². The number of ether oxygens (including phenoxy) is 3. The summed E-state index contributed by atoms with van der Waals surface area (Å²) in [5.41, 5.74) is 1.95. The Morgan fingerprint density at radius 2 is 1.92 bits per heavy atom. The molecule has 0 aliphatic rings. The Bertz CT molecular complexity index is 806. The first-order valence-corrected chi connectivity index (χ1v) is 8.29. The molecule has 0 radical (unpaired) electrons. The van der Waals surface area contributed by atoms with Crippen molar-refractivity contribution in [3.05, 3.63) is 65.6 Å². The Kier molecular flexibility index (Phi) is 6.17. The predicted octanol–water partition coefficient (Wildman–Crippen LogP) is 4.07. The van der Waals surface area contributed by atoms with Crippen LogP contribution in [0.15, 0.2) is 55.0 Å². The summed E-state index contributed by atoms with van der Waals surface area (Å²) in [4.78, 5) is 8.33. The van der Waals surface area contributed by atoms with Gasteiger partial charge in [-0.3, -0.25) is 0 Å². The fourth-order valence-electron chi connectivity index (χ4n) is 2.54. The van der Waals surface area contributed by atoms with Crippen LogP contribution in [0.1, 0.15) is 11.5 Å². The Balaban J connectivity index is 1.76. The molecule has 1 unspecified atom stereocenters. The lowest BCUT2D eigenvalue weighted by molar-refractivity contribution is -0.0386. The van der Waals surface area contributed by atoms with Gasteiger partial charge in [0.15, 0.2) is 0 Å². The number of nitrogens with zero attached hydrogens (tertiary/aromatic N) is 2. The third kappa shape index (κ3) is 4.66. The van der Waals surface area contributed by atoms with Crippen molar-refractivity contribution in [2.75, 3.05) is 27.1 Å². The zero-order valence-corrected chi connectivity index (χ0v) is 14.6. The molecule has 1 atom stereocenters. The number of benzene rings is 2. The summed E-state index contributed by atoms with van der Waals surface area (Å²) >= 11 is 5.99. The van der Waals surface area contributed by atoms with Crippen molar-refractivity contribution < 1.29 is 14.2 Å². The second kappa shape index (κ2) is 8.76. The topological polar surface area (TPSA) is 53.5 Å². The summed E-state index contributed by atoms with van der Waals surface area (Å²) in [5.74, 6) is 0.802. The molecule has 1 heterocycles. The number of aromatic nitrogens is 2. The Labute approximate surface area is 151 Å². The first kappa shape index (κ1) is 17.6. The van der Waals surface area contributed by atoms with Crippen LogP contribution < -0.4 is 4.74 Å². The van der Waals surface area contributed by atoms with Gasteiger partial charge in [-0.1, -0.05) is 29.8 Å². The quantitative estimate of drug-likeness (QED) is 0.449. The molecule has 0 saturated carbocycles. The van der Waals surface area contributed by atoms with E-state index in [0.717, 1.165) is 22.2 Å². The van der Waals surface area contributed by atoms with Crippen LogP contribution in [-0.4, -0.2) is 37.1 Å². The Morgan fingerprint density at radius 3 is 2.72 bits per heavy atom. The zero-order chi connectivity index (χ0) is 17.5. The molecule has 5 nitrogen and oxygen atoms in total. The molecule has 3 aromatic rings. The van der Waals surface area contributed by atoms with E-state index in [0.29, 0.717) is 18.2 Å². The lowest BCUT2D eigenvalue weighted by Gasteiger charge is -2.19. The van der Waals surface area contributed by atoms with Crippen molar-refractivity contribution in [2.24, 2.45) is 0 Å². The standard InChI is InChI=1S/C19H19ClN2O3/c1-23-13-24-10-15(14-5-7-16(20)8-6-14)11-25-19-4-2-3-18-17(19)9-21-12-22-18/h2-9,12,15H,10-11,13H2,1H3. The molecule has 130 valence electrons. The smallest absolute Gasteiger partial charge is 0.146 e. The van der Waals surface area contributed by atoms with Gasteiger partial charge in [-0.05, 0) is 29.8 Å². The number of hydrogen-bond donors (Lipinski definition) is 0. The number of hydrogen-bond acceptors (Lipinski definition) is 5. The summed E-state index contributed by atoms with van der Waals surface area (Å²) in [5, 5.41) is 1.59. The maximum absolute atomic E-state index is 6.06. The minimum Gasteiger partial charge on any atom is -0.492 e. The molecule has 0 amide bonds. The normalized spacial score (nSPS) is 12.2. The summed E-state index contributed by atoms with van der Waals surface area (Å²) in [6, 6.07) is 13.5. The van der Waals surface area contributed by atoms with E-state index in [1.165, 1.54) is 6.33 Å². The molecule has 25 heavy (non-hydrogen) atoms. The van der Waals surface area contributed by atoms with Gasteiger partial charge in [-0.15, -0.1) is 0 Å². The fourth-order valence-corrected chi connectivity index (χ4v) is 2.67. The Hall–Kier alpha value is -2.21. The highest BCUT2D eigenvalue weighted by atomic mass is 35.5. The van der Waals surface area contributed by atoms with Gasteiger partial charge in [0.2, 0.25) is 0 Å². The van der Waals surface area contributed by atoms with Crippen LogP contribution in [0.3, 0.4) is 0 Å². The van der Waals surface area contributed by atoms with E-state index in [9.17, 15) is 0 Å². The highest BCUT2D eigenvalue weighted by Crippen LogP contribution is 2.26. The van der Waals surface area contributed by atoms with Crippen LogP contribution >= 0.6 is 11.6 Å². The van der Waals surface area contributed by atoms with E-state index >= 15 is 0 Å². The number of halogens is 1. The van der Waals surface area contributed by atoms with Crippen LogP contribution in [0.25, 0.3) is 10.9 Å². The van der Waals surface area contributed by atoms with Gasteiger partial charge in [-0.25, -0.2) is 9.97 Å². The molecule has 0 aliphatic heterocycles. The largest absolute Gasteiger partial charge is 0.492 e. The average Bonchev–Trinajstić information content (AvgIpc) is 2.65. The maximum Gasteiger partial charge on any atom is 0.146 e. The summed E-state index contributed by atoms with van der Waals surface area (Å²) in [6.45, 7) is 1.18. The molecule has 1 aromatic heterocycles. The molecule has 0 fully saturated rings. The highest BCUT2D eigenvalue weighted by molar-refractivity contribution is 6.30. The van der Waals surface area contributed by atoms with Gasteiger partial charge in [-0.2, -0.15) is 0 Å². The minimum absolute atomic E-state index is 0.0484. The number of fused-ring (bicyclic) bond motifs is 1. The van der Waals surface area contributed by atoms with Crippen LogP contribution in [0.4, 0.5) is 0 Å². The van der Waals surface area contributed by atoms with Crippen molar-refractivity contribution in [1.29, 1.82) is 0 Å². The van der Waals surface area contributed by atoms with Gasteiger partial charge >= 0.3 is 0 Å². The van der Waals surface area contributed by atoms with Gasteiger partial charge in [0, 0.05) is 24.2 Å². The second-order valence-corrected chi connectivity index (χ2v) is 5.98. The SMILES string of the molecule is COCOCC(COc1cccc2ncncc12)c1ccc(Cl)cc1. The predicted molar refractivity (Wildman–Crippen MR) is 97.1 cm³/mol. The number of rotatable bonds is 8. The van der Waals surface area contributed by atoms with Crippen molar-refractivity contribution in [3.63, 3.8) is 0 Å². The molecule has 2 aromatic carbocycles. The zero-order valence-electron chi connectivity index (χ0n) is 13.9. The molecule has 6 heteroatoms. The van der Waals surface area contributed by atoms with Gasteiger partial charge in [0.05, 0.1) is 24.1 Å². The maximum atomic E-state index is 6.06. The second-order valence-electron chi connectivity index (χ2n) is 5.55. The van der Waals surface area contributed by atoms with Crippen LogP contribution in [0.2, 0.25) is 5.02 Å². The first-order valence-electron chi connectivity index (χ1n) is 7.91.